The highest BCUT2D eigenvalue weighted by Gasteiger charge is 2.19. The summed E-state index contributed by atoms with van der Waals surface area (Å²) in [7, 11) is 0. The van der Waals surface area contributed by atoms with E-state index in [1.807, 2.05) is 32.0 Å². The first-order chi connectivity index (χ1) is 10.5. The fraction of sp³-hybridized carbons (Fsp3) is 0.412. The van der Waals surface area contributed by atoms with Crippen LogP contribution in [-0.2, 0) is 6.61 Å². The Morgan fingerprint density at radius 2 is 2.05 bits per heavy atom. The third-order valence-corrected chi connectivity index (χ3v) is 3.60. The lowest BCUT2D eigenvalue weighted by molar-refractivity contribution is 0.0942. The lowest BCUT2D eigenvalue weighted by atomic mass is 10.1. The molecule has 118 valence electrons. The monoisotopic (exact) mass is 302 g/mol. The number of aryl methyl sites for hydroxylation is 3. The average Bonchev–Trinajstić information content (AvgIpc) is 2.87. The van der Waals surface area contributed by atoms with Gasteiger partial charge in [0.15, 0.2) is 5.69 Å². The van der Waals surface area contributed by atoms with E-state index in [0.717, 1.165) is 12.2 Å². The minimum Gasteiger partial charge on any atom is -0.489 e. The van der Waals surface area contributed by atoms with Crippen molar-refractivity contribution in [3.63, 3.8) is 0 Å². The Labute approximate surface area is 130 Å². The van der Waals surface area contributed by atoms with E-state index in [1.54, 1.807) is 6.92 Å². The van der Waals surface area contributed by atoms with Crippen LogP contribution in [0.15, 0.2) is 22.7 Å². The molecule has 5 nitrogen and oxygen atoms in total. The minimum atomic E-state index is -0.225. The van der Waals surface area contributed by atoms with Crippen molar-refractivity contribution in [3.05, 3.63) is 46.3 Å². The number of nitrogens with zero attached hydrogens (tertiary/aromatic N) is 1. The SMILES string of the molecule is CCCNC(=O)c1noc(C)c1COc1ccc(C)c(C)c1. The molecule has 0 fully saturated rings. The third kappa shape index (κ3) is 3.67. The molecule has 1 aromatic heterocycles. The lowest BCUT2D eigenvalue weighted by Gasteiger charge is -2.09. The van der Waals surface area contributed by atoms with Crippen LogP contribution >= 0.6 is 0 Å². The zero-order chi connectivity index (χ0) is 16.1. The second kappa shape index (κ2) is 7.11. The van der Waals surface area contributed by atoms with Crippen LogP contribution < -0.4 is 10.1 Å². The van der Waals surface area contributed by atoms with Gasteiger partial charge in [-0.25, -0.2) is 0 Å². The minimum absolute atomic E-state index is 0.225. The molecular weight excluding hydrogens is 280 g/mol. The van der Waals surface area contributed by atoms with Crippen LogP contribution in [0.25, 0.3) is 0 Å². The molecule has 2 rings (SSSR count). The predicted octanol–water partition coefficient (Wildman–Crippen LogP) is 3.32. The molecule has 2 aromatic rings. The van der Waals surface area contributed by atoms with Gasteiger partial charge in [0.05, 0.1) is 5.56 Å². The molecule has 0 aliphatic heterocycles. The summed E-state index contributed by atoms with van der Waals surface area (Å²) in [6.07, 6.45) is 0.872. The van der Waals surface area contributed by atoms with Gasteiger partial charge in [0.1, 0.15) is 18.1 Å². The van der Waals surface area contributed by atoms with Gasteiger partial charge >= 0.3 is 0 Å². The first-order valence-electron chi connectivity index (χ1n) is 7.46. The molecule has 0 aliphatic carbocycles. The molecule has 22 heavy (non-hydrogen) atoms. The third-order valence-electron chi connectivity index (χ3n) is 3.60. The number of benzene rings is 1. The van der Waals surface area contributed by atoms with E-state index < -0.39 is 0 Å². The highest BCUT2D eigenvalue weighted by Crippen LogP contribution is 2.20. The summed E-state index contributed by atoms with van der Waals surface area (Å²) in [6, 6.07) is 5.91. The van der Waals surface area contributed by atoms with Gasteiger partial charge in [0.25, 0.3) is 5.91 Å². The van der Waals surface area contributed by atoms with Crippen LogP contribution in [-0.4, -0.2) is 17.6 Å². The number of hydrogen-bond acceptors (Lipinski definition) is 4. The molecule has 0 atom stereocenters. The summed E-state index contributed by atoms with van der Waals surface area (Å²) in [5.41, 5.74) is 3.37. The molecule has 1 N–H and O–H groups in total. The van der Waals surface area contributed by atoms with Crippen LogP contribution in [0, 0.1) is 20.8 Å². The van der Waals surface area contributed by atoms with Gasteiger partial charge in [-0.1, -0.05) is 18.1 Å². The number of ether oxygens (including phenoxy) is 1. The van der Waals surface area contributed by atoms with Crippen molar-refractivity contribution in [3.8, 4) is 5.75 Å². The standard InChI is InChI=1S/C17H22N2O3/c1-5-8-18-17(20)16-15(13(4)22-19-16)10-21-14-7-6-11(2)12(3)9-14/h6-7,9H,5,8,10H2,1-4H3,(H,18,20). The van der Waals surface area contributed by atoms with Crippen LogP contribution in [0.4, 0.5) is 0 Å². The maximum Gasteiger partial charge on any atom is 0.273 e. The van der Waals surface area contributed by atoms with E-state index in [4.69, 9.17) is 9.26 Å². The number of aromatic nitrogens is 1. The van der Waals surface area contributed by atoms with Crippen molar-refractivity contribution < 1.29 is 14.1 Å². The van der Waals surface area contributed by atoms with E-state index in [2.05, 4.69) is 17.4 Å². The predicted molar refractivity (Wildman–Crippen MR) is 84.1 cm³/mol. The summed E-state index contributed by atoms with van der Waals surface area (Å²) in [5, 5.41) is 6.65. The second-order valence-electron chi connectivity index (χ2n) is 5.36. The van der Waals surface area contributed by atoms with Crippen molar-refractivity contribution in [2.75, 3.05) is 6.54 Å². The van der Waals surface area contributed by atoms with E-state index in [-0.39, 0.29) is 12.5 Å². The maximum atomic E-state index is 12.1. The van der Waals surface area contributed by atoms with Crippen molar-refractivity contribution >= 4 is 5.91 Å². The van der Waals surface area contributed by atoms with Gasteiger partial charge in [0.2, 0.25) is 0 Å². The number of nitrogens with one attached hydrogen (secondary N) is 1. The van der Waals surface area contributed by atoms with Gasteiger partial charge < -0.3 is 14.6 Å². The number of hydrogen-bond donors (Lipinski definition) is 1. The summed E-state index contributed by atoms with van der Waals surface area (Å²) in [4.78, 5) is 12.1. The molecule has 0 bridgehead atoms. The van der Waals surface area contributed by atoms with Crippen molar-refractivity contribution in [1.82, 2.24) is 10.5 Å². The molecular formula is C17H22N2O3. The Hall–Kier alpha value is -2.30. The number of carbonyl (C=O) groups excluding carboxylic acids is 1. The molecule has 0 saturated heterocycles. The van der Waals surface area contributed by atoms with Crippen molar-refractivity contribution in [1.29, 1.82) is 0 Å². The Balaban J connectivity index is 2.10. The molecule has 1 amide bonds. The zero-order valence-corrected chi connectivity index (χ0v) is 13.5. The average molecular weight is 302 g/mol. The van der Waals surface area contributed by atoms with E-state index in [9.17, 15) is 4.79 Å². The first kappa shape index (κ1) is 16.1. The molecule has 0 unspecified atom stereocenters. The van der Waals surface area contributed by atoms with Crippen LogP contribution in [0.3, 0.4) is 0 Å². The molecule has 0 spiro atoms. The van der Waals surface area contributed by atoms with Gasteiger partial charge in [0, 0.05) is 6.54 Å². The molecule has 1 heterocycles. The van der Waals surface area contributed by atoms with Gasteiger partial charge in [-0.3, -0.25) is 4.79 Å². The highest BCUT2D eigenvalue weighted by atomic mass is 16.5. The number of rotatable bonds is 6. The van der Waals surface area contributed by atoms with Gasteiger partial charge in [-0.2, -0.15) is 0 Å². The summed E-state index contributed by atoms with van der Waals surface area (Å²) in [5.74, 6) is 1.14. The second-order valence-corrected chi connectivity index (χ2v) is 5.36. The Bertz CT molecular complexity index is 662. The normalized spacial score (nSPS) is 10.5. The van der Waals surface area contributed by atoms with E-state index in [1.165, 1.54) is 11.1 Å². The van der Waals surface area contributed by atoms with Crippen LogP contribution in [0.2, 0.25) is 0 Å². The van der Waals surface area contributed by atoms with Gasteiger partial charge in [-0.05, 0) is 50.5 Å². The number of carbonyl (C=O) groups is 1. The smallest absolute Gasteiger partial charge is 0.273 e. The topological polar surface area (TPSA) is 64.4 Å². The van der Waals surface area contributed by atoms with E-state index >= 15 is 0 Å². The number of amides is 1. The highest BCUT2D eigenvalue weighted by molar-refractivity contribution is 5.93. The van der Waals surface area contributed by atoms with Crippen molar-refractivity contribution in [2.45, 2.75) is 40.7 Å². The maximum absolute atomic E-state index is 12.1. The van der Waals surface area contributed by atoms with Crippen LogP contribution in [0.1, 0.15) is 46.3 Å². The molecule has 0 aliphatic rings. The molecule has 5 heteroatoms. The summed E-state index contributed by atoms with van der Waals surface area (Å²) in [6.45, 7) is 8.74. The fourth-order valence-corrected chi connectivity index (χ4v) is 2.02. The first-order valence-corrected chi connectivity index (χ1v) is 7.46. The quantitative estimate of drug-likeness (QED) is 0.889. The fourth-order valence-electron chi connectivity index (χ4n) is 2.02. The van der Waals surface area contributed by atoms with E-state index in [0.29, 0.717) is 23.6 Å². The van der Waals surface area contributed by atoms with Crippen LogP contribution in [0.5, 0.6) is 5.75 Å². The molecule has 1 aromatic carbocycles. The zero-order valence-electron chi connectivity index (χ0n) is 13.5. The Kier molecular flexibility index (Phi) is 5.20. The molecule has 0 saturated carbocycles. The Morgan fingerprint density at radius 1 is 1.27 bits per heavy atom. The Morgan fingerprint density at radius 3 is 2.73 bits per heavy atom. The van der Waals surface area contributed by atoms with Crippen molar-refractivity contribution in [2.24, 2.45) is 0 Å². The van der Waals surface area contributed by atoms with Gasteiger partial charge in [-0.15, -0.1) is 0 Å². The molecule has 0 radical (unpaired) electrons. The lowest BCUT2D eigenvalue weighted by Crippen LogP contribution is -2.25. The summed E-state index contributed by atoms with van der Waals surface area (Å²) < 4.78 is 10.9. The summed E-state index contributed by atoms with van der Waals surface area (Å²) >= 11 is 0. The largest absolute Gasteiger partial charge is 0.489 e.